The van der Waals surface area contributed by atoms with E-state index in [0.717, 1.165) is 0 Å². The minimum atomic E-state index is -3.60. The Morgan fingerprint density at radius 1 is 1.16 bits per heavy atom. The number of nitrogens with one attached hydrogen (secondary N) is 1. The summed E-state index contributed by atoms with van der Waals surface area (Å²) in [4.78, 5) is 11.7. The van der Waals surface area contributed by atoms with Crippen molar-refractivity contribution in [2.24, 2.45) is 5.73 Å². The third kappa shape index (κ3) is 3.53. The van der Waals surface area contributed by atoms with Gasteiger partial charge in [-0.25, -0.2) is 23.1 Å². The minimum Gasteiger partial charge on any atom is -0.325 e. The maximum absolute atomic E-state index is 12.0. The molecule has 0 spiro atoms. The molecule has 2 heterocycles. The number of sulfonamides is 1. The van der Waals surface area contributed by atoms with E-state index in [1.807, 2.05) is 0 Å². The summed E-state index contributed by atoms with van der Waals surface area (Å²) in [6.07, 6.45) is 4.19. The molecular formula is C11H13N5O2S. The second kappa shape index (κ2) is 5.83. The van der Waals surface area contributed by atoms with E-state index in [1.54, 1.807) is 18.3 Å². The Labute approximate surface area is 111 Å². The third-order valence-electron chi connectivity index (χ3n) is 2.40. The quantitative estimate of drug-likeness (QED) is 0.784. The van der Waals surface area contributed by atoms with E-state index in [9.17, 15) is 8.42 Å². The molecule has 0 aliphatic carbocycles. The number of nitrogens with zero attached hydrogens (tertiary/aromatic N) is 3. The molecule has 0 aliphatic rings. The maximum atomic E-state index is 12.0. The highest BCUT2D eigenvalue weighted by atomic mass is 32.2. The van der Waals surface area contributed by atoms with Crippen molar-refractivity contribution in [2.75, 3.05) is 0 Å². The molecular weight excluding hydrogens is 266 g/mol. The van der Waals surface area contributed by atoms with Gasteiger partial charge in [0.05, 0.1) is 17.9 Å². The molecule has 0 amide bonds. The summed E-state index contributed by atoms with van der Waals surface area (Å²) in [5.41, 5.74) is 6.62. The Hall–Kier alpha value is -1.90. The van der Waals surface area contributed by atoms with Crippen LogP contribution < -0.4 is 10.5 Å². The van der Waals surface area contributed by atoms with E-state index in [-0.39, 0.29) is 18.0 Å². The zero-order chi connectivity index (χ0) is 13.7. The molecule has 0 aliphatic heterocycles. The highest BCUT2D eigenvalue weighted by Gasteiger charge is 2.14. The minimum absolute atomic E-state index is 0.0961. The number of aromatic nitrogens is 3. The van der Waals surface area contributed by atoms with E-state index in [4.69, 9.17) is 5.73 Å². The standard InChI is InChI=1S/C11H13N5O2S/c12-5-9-1-2-11(7-14-9)19(17,18)16-6-10-3-4-13-8-15-10/h1-4,7-8,16H,5-6,12H2. The summed E-state index contributed by atoms with van der Waals surface area (Å²) in [6.45, 7) is 0.373. The maximum Gasteiger partial charge on any atom is 0.242 e. The van der Waals surface area contributed by atoms with Crippen molar-refractivity contribution in [3.8, 4) is 0 Å². The molecule has 0 saturated heterocycles. The van der Waals surface area contributed by atoms with Crippen LogP contribution in [0.4, 0.5) is 0 Å². The normalized spacial score (nSPS) is 11.4. The predicted octanol–water partition coefficient (Wildman–Crippen LogP) is -0.191. The van der Waals surface area contributed by atoms with E-state index < -0.39 is 10.0 Å². The molecule has 0 unspecified atom stereocenters. The molecule has 19 heavy (non-hydrogen) atoms. The SMILES string of the molecule is NCc1ccc(S(=O)(=O)NCc2ccncn2)cn1. The summed E-state index contributed by atoms with van der Waals surface area (Å²) in [5.74, 6) is 0. The van der Waals surface area contributed by atoms with Gasteiger partial charge in [-0.3, -0.25) is 4.98 Å². The monoisotopic (exact) mass is 279 g/mol. The van der Waals surface area contributed by atoms with Gasteiger partial charge in [0.1, 0.15) is 11.2 Å². The van der Waals surface area contributed by atoms with Crippen LogP contribution in [0.1, 0.15) is 11.4 Å². The first-order valence-electron chi connectivity index (χ1n) is 5.51. The van der Waals surface area contributed by atoms with Gasteiger partial charge in [0.25, 0.3) is 0 Å². The Bertz CT molecular complexity index is 628. The lowest BCUT2D eigenvalue weighted by atomic mass is 10.4. The van der Waals surface area contributed by atoms with Crippen LogP contribution in [0.15, 0.2) is 41.8 Å². The largest absolute Gasteiger partial charge is 0.325 e. The van der Waals surface area contributed by atoms with Crippen LogP contribution in [0.2, 0.25) is 0 Å². The zero-order valence-electron chi connectivity index (χ0n) is 10.0. The van der Waals surface area contributed by atoms with Gasteiger partial charge in [-0.1, -0.05) is 0 Å². The highest BCUT2D eigenvalue weighted by Crippen LogP contribution is 2.08. The summed E-state index contributed by atoms with van der Waals surface area (Å²) in [7, 11) is -3.60. The van der Waals surface area contributed by atoms with Gasteiger partial charge >= 0.3 is 0 Å². The number of rotatable bonds is 5. The van der Waals surface area contributed by atoms with Crippen molar-refractivity contribution in [3.63, 3.8) is 0 Å². The zero-order valence-corrected chi connectivity index (χ0v) is 10.8. The van der Waals surface area contributed by atoms with Crippen molar-refractivity contribution in [2.45, 2.75) is 18.0 Å². The summed E-state index contributed by atoms with van der Waals surface area (Å²) < 4.78 is 26.4. The number of hydrogen-bond acceptors (Lipinski definition) is 6. The van der Waals surface area contributed by atoms with Crippen LogP contribution >= 0.6 is 0 Å². The fourth-order valence-corrected chi connectivity index (χ4v) is 2.31. The summed E-state index contributed by atoms with van der Waals surface area (Å²) in [5, 5.41) is 0. The lowest BCUT2D eigenvalue weighted by Crippen LogP contribution is -2.24. The lowest BCUT2D eigenvalue weighted by Gasteiger charge is -2.06. The first kappa shape index (κ1) is 13.5. The van der Waals surface area contributed by atoms with E-state index >= 15 is 0 Å². The molecule has 100 valence electrons. The second-order valence-corrected chi connectivity index (χ2v) is 5.48. The van der Waals surface area contributed by atoms with Gasteiger partial charge in [0.2, 0.25) is 10.0 Å². The molecule has 3 N–H and O–H groups in total. The van der Waals surface area contributed by atoms with Gasteiger partial charge in [-0.15, -0.1) is 0 Å². The average Bonchev–Trinajstić information content (AvgIpc) is 2.46. The van der Waals surface area contributed by atoms with Crippen molar-refractivity contribution in [1.29, 1.82) is 0 Å². The average molecular weight is 279 g/mol. The third-order valence-corrected chi connectivity index (χ3v) is 3.79. The molecule has 0 bridgehead atoms. The number of pyridine rings is 1. The van der Waals surface area contributed by atoms with Crippen LogP contribution in [0.5, 0.6) is 0 Å². The fraction of sp³-hybridized carbons (Fsp3) is 0.182. The molecule has 2 aromatic rings. The van der Waals surface area contributed by atoms with Gasteiger partial charge < -0.3 is 5.73 Å². The first-order chi connectivity index (χ1) is 9.12. The van der Waals surface area contributed by atoms with Gasteiger partial charge in [-0.05, 0) is 18.2 Å². The number of hydrogen-bond donors (Lipinski definition) is 2. The molecule has 0 aromatic carbocycles. The van der Waals surface area contributed by atoms with Crippen LogP contribution in [0.25, 0.3) is 0 Å². The topological polar surface area (TPSA) is 111 Å². The Morgan fingerprint density at radius 3 is 2.58 bits per heavy atom. The Kier molecular flexibility index (Phi) is 4.15. The fourth-order valence-electron chi connectivity index (χ4n) is 1.37. The van der Waals surface area contributed by atoms with E-state index in [2.05, 4.69) is 19.7 Å². The van der Waals surface area contributed by atoms with Gasteiger partial charge in [0, 0.05) is 18.9 Å². The van der Waals surface area contributed by atoms with Gasteiger partial charge in [0.15, 0.2) is 0 Å². The van der Waals surface area contributed by atoms with Crippen molar-refractivity contribution in [1.82, 2.24) is 19.7 Å². The molecule has 2 rings (SSSR count). The van der Waals surface area contributed by atoms with Crippen molar-refractivity contribution < 1.29 is 8.42 Å². The van der Waals surface area contributed by atoms with E-state index in [1.165, 1.54) is 18.6 Å². The summed E-state index contributed by atoms with van der Waals surface area (Å²) >= 11 is 0. The van der Waals surface area contributed by atoms with Gasteiger partial charge in [-0.2, -0.15) is 0 Å². The Morgan fingerprint density at radius 2 is 2.00 bits per heavy atom. The van der Waals surface area contributed by atoms with Crippen molar-refractivity contribution >= 4 is 10.0 Å². The van der Waals surface area contributed by atoms with Crippen LogP contribution in [0, 0.1) is 0 Å². The predicted molar refractivity (Wildman–Crippen MR) is 68.2 cm³/mol. The van der Waals surface area contributed by atoms with Crippen LogP contribution in [-0.2, 0) is 23.1 Å². The van der Waals surface area contributed by atoms with E-state index in [0.29, 0.717) is 11.4 Å². The number of nitrogens with two attached hydrogens (primary N) is 1. The summed E-state index contributed by atoms with van der Waals surface area (Å²) in [6, 6.07) is 4.69. The lowest BCUT2D eigenvalue weighted by molar-refractivity contribution is 0.580. The molecule has 0 atom stereocenters. The smallest absolute Gasteiger partial charge is 0.242 e. The molecule has 8 heteroatoms. The molecule has 2 aromatic heterocycles. The first-order valence-corrected chi connectivity index (χ1v) is 7.00. The molecule has 0 fully saturated rings. The molecule has 0 radical (unpaired) electrons. The van der Waals surface area contributed by atoms with Crippen molar-refractivity contribution in [3.05, 3.63) is 48.3 Å². The van der Waals surface area contributed by atoms with Crippen LogP contribution in [0.3, 0.4) is 0 Å². The molecule has 0 saturated carbocycles. The molecule has 7 nitrogen and oxygen atoms in total. The highest BCUT2D eigenvalue weighted by molar-refractivity contribution is 7.89. The second-order valence-electron chi connectivity index (χ2n) is 3.71. The Balaban J connectivity index is 2.09. The van der Waals surface area contributed by atoms with Crippen LogP contribution in [-0.4, -0.2) is 23.4 Å².